The zero-order valence-electron chi connectivity index (χ0n) is 10.7. The summed E-state index contributed by atoms with van der Waals surface area (Å²) < 4.78 is 0. The van der Waals surface area contributed by atoms with Crippen LogP contribution in [0.25, 0.3) is 0 Å². The number of nitrogens with zero attached hydrogens (tertiary/aromatic N) is 1. The molecule has 1 unspecified atom stereocenters. The van der Waals surface area contributed by atoms with Crippen LogP contribution in [0.3, 0.4) is 0 Å². The highest BCUT2D eigenvalue weighted by Crippen LogP contribution is 2.27. The highest BCUT2D eigenvalue weighted by Gasteiger charge is 2.25. The van der Waals surface area contributed by atoms with E-state index < -0.39 is 0 Å². The summed E-state index contributed by atoms with van der Waals surface area (Å²) >= 11 is 6.15. The Bertz CT molecular complexity index is 513. The molecule has 0 radical (unpaired) electrons. The molecule has 1 heterocycles. The summed E-state index contributed by atoms with van der Waals surface area (Å²) in [6, 6.07) is 14.2. The number of halogens is 1. The fourth-order valence-electron chi connectivity index (χ4n) is 1.93. The maximum Gasteiger partial charge on any atom is 0.0732 e. The summed E-state index contributed by atoms with van der Waals surface area (Å²) in [6.07, 6.45) is 1.80. The van der Waals surface area contributed by atoms with Gasteiger partial charge in [-0.25, -0.2) is 0 Å². The number of hydrogen-bond acceptors (Lipinski definition) is 2. The largest absolute Gasteiger partial charge is 0.374 e. The number of aromatic nitrogens is 1. The van der Waals surface area contributed by atoms with Crippen molar-refractivity contribution in [3.8, 4) is 0 Å². The Morgan fingerprint density at radius 3 is 2.56 bits per heavy atom. The monoisotopic (exact) mass is 260 g/mol. The molecule has 0 spiro atoms. The average Bonchev–Trinajstić information content (AvgIpc) is 2.39. The van der Waals surface area contributed by atoms with Crippen molar-refractivity contribution < 1.29 is 0 Å². The van der Waals surface area contributed by atoms with E-state index in [1.54, 1.807) is 6.20 Å². The first-order chi connectivity index (χ1) is 8.64. The topological polar surface area (TPSA) is 24.9 Å². The molecule has 0 aliphatic rings. The highest BCUT2D eigenvalue weighted by molar-refractivity contribution is 6.18. The zero-order valence-corrected chi connectivity index (χ0v) is 11.4. The van der Waals surface area contributed by atoms with Crippen LogP contribution in [0, 0.1) is 6.92 Å². The predicted molar refractivity (Wildman–Crippen MR) is 77.1 cm³/mol. The minimum Gasteiger partial charge on any atom is -0.374 e. The molecular weight excluding hydrogens is 244 g/mol. The van der Waals surface area contributed by atoms with Crippen LogP contribution < -0.4 is 5.32 Å². The van der Waals surface area contributed by atoms with E-state index in [1.165, 1.54) is 5.56 Å². The highest BCUT2D eigenvalue weighted by atomic mass is 35.5. The van der Waals surface area contributed by atoms with E-state index in [0.717, 1.165) is 11.4 Å². The minimum absolute atomic E-state index is 0.281. The molecule has 0 aliphatic heterocycles. The Balaban J connectivity index is 2.29. The van der Waals surface area contributed by atoms with Gasteiger partial charge in [0.25, 0.3) is 0 Å². The summed E-state index contributed by atoms with van der Waals surface area (Å²) in [6.45, 7) is 4.08. The molecule has 94 valence electrons. The van der Waals surface area contributed by atoms with Gasteiger partial charge in [-0.2, -0.15) is 0 Å². The Kier molecular flexibility index (Phi) is 3.87. The Hall–Kier alpha value is -1.54. The lowest BCUT2D eigenvalue weighted by Gasteiger charge is -2.30. The number of anilines is 1. The standard InChI is InChI=1S/C15H17ClN2/c1-12-10-14(8-9-17-12)18-15(2,11-16)13-6-4-3-5-7-13/h3-10H,11H2,1-2H3,(H,17,18). The van der Waals surface area contributed by atoms with Crippen molar-refractivity contribution in [2.24, 2.45) is 0 Å². The molecule has 0 bridgehead atoms. The van der Waals surface area contributed by atoms with Crippen LogP contribution in [-0.4, -0.2) is 10.9 Å². The fraction of sp³-hybridized carbons (Fsp3) is 0.267. The van der Waals surface area contributed by atoms with E-state index in [0.29, 0.717) is 5.88 Å². The molecule has 1 aromatic carbocycles. The van der Waals surface area contributed by atoms with E-state index in [1.807, 2.05) is 37.3 Å². The van der Waals surface area contributed by atoms with Crippen molar-refractivity contribution in [3.05, 3.63) is 59.9 Å². The molecule has 2 aromatic rings. The van der Waals surface area contributed by atoms with Crippen molar-refractivity contribution in [2.75, 3.05) is 11.2 Å². The summed E-state index contributed by atoms with van der Waals surface area (Å²) in [4.78, 5) is 4.20. The van der Waals surface area contributed by atoms with Gasteiger partial charge >= 0.3 is 0 Å². The van der Waals surface area contributed by atoms with Crippen molar-refractivity contribution in [2.45, 2.75) is 19.4 Å². The minimum atomic E-state index is -0.281. The third-order valence-electron chi connectivity index (χ3n) is 3.00. The number of hydrogen-bond donors (Lipinski definition) is 1. The summed E-state index contributed by atoms with van der Waals surface area (Å²) in [5, 5.41) is 3.49. The molecule has 18 heavy (non-hydrogen) atoms. The summed E-state index contributed by atoms with van der Waals surface area (Å²) in [7, 11) is 0. The summed E-state index contributed by atoms with van der Waals surface area (Å²) in [5.74, 6) is 0.498. The molecule has 2 nitrogen and oxygen atoms in total. The lowest BCUT2D eigenvalue weighted by Crippen LogP contribution is -2.33. The van der Waals surface area contributed by atoms with Gasteiger partial charge in [-0.1, -0.05) is 30.3 Å². The van der Waals surface area contributed by atoms with Gasteiger partial charge in [-0.15, -0.1) is 11.6 Å². The lowest BCUT2D eigenvalue weighted by molar-refractivity contribution is 0.617. The van der Waals surface area contributed by atoms with Gasteiger partial charge in [-0.3, -0.25) is 4.98 Å². The molecular formula is C15H17ClN2. The number of pyridine rings is 1. The number of nitrogens with one attached hydrogen (secondary N) is 1. The predicted octanol–water partition coefficient (Wildman–Crippen LogP) is 3.96. The van der Waals surface area contributed by atoms with Gasteiger partial charge < -0.3 is 5.32 Å². The number of aryl methyl sites for hydroxylation is 1. The maximum absolute atomic E-state index is 6.15. The van der Waals surface area contributed by atoms with Gasteiger partial charge in [0.2, 0.25) is 0 Å². The molecule has 0 saturated carbocycles. The second-order valence-electron chi connectivity index (χ2n) is 4.64. The van der Waals surface area contributed by atoms with Crippen LogP contribution in [0.4, 0.5) is 5.69 Å². The molecule has 1 atom stereocenters. The van der Waals surface area contributed by atoms with E-state index in [-0.39, 0.29) is 5.54 Å². The Labute approximate surface area is 113 Å². The molecule has 2 rings (SSSR count). The number of benzene rings is 1. The number of alkyl halides is 1. The van der Waals surface area contributed by atoms with Gasteiger partial charge in [0.15, 0.2) is 0 Å². The van der Waals surface area contributed by atoms with Crippen molar-refractivity contribution >= 4 is 17.3 Å². The first kappa shape index (κ1) is 12.9. The van der Waals surface area contributed by atoms with Crippen LogP contribution in [0.5, 0.6) is 0 Å². The zero-order chi connectivity index (χ0) is 13.0. The number of rotatable bonds is 4. The Morgan fingerprint density at radius 2 is 1.94 bits per heavy atom. The van der Waals surface area contributed by atoms with Crippen molar-refractivity contribution in [1.29, 1.82) is 0 Å². The third-order valence-corrected chi connectivity index (χ3v) is 3.53. The molecule has 0 aliphatic carbocycles. The van der Waals surface area contributed by atoms with Gasteiger partial charge in [0.1, 0.15) is 0 Å². The normalized spacial score (nSPS) is 13.9. The van der Waals surface area contributed by atoms with Gasteiger partial charge in [0, 0.05) is 23.5 Å². The van der Waals surface area contributed by atoms with E-state index >= 15 is 0 Å². The molecule has 3 heteroatoms. The average molecular weight is 261 g/mol. The summed E-state index contributed by atoms with van der Waals surface area (Å²) in [5.41, 5.74) is 2.92. The van der Waals surface area contributed by atoms with Crippen LogP contribution >= 0.6 is 11.6 Å². The second kappa shape index (κ2) is 5.40. The second-order valence-corrected chi connectivity index (χ2v) is 4.91. The van der Waals surface area contributed by atoms with Gasteiger partial charge in [0.05, 0.1) is 5.54 Å². The van der Waals surface area contributed by atoms with E-state index in [4.69, 9.17) is 11.6 Å². The van der Waals surface area contributed by atoms with Crippen molar-refractivity contribution in [3.63, 3.8) is 0 Å². The first-order valence-corrected chi connectivity index (χ1v) is 6.50. The molecule has 0 amide bonds. The van der Waals surface area contributed by atoms with E-state index in [2.05, 4.69) is 29.4 Å². The smallest absolute Gasteiger partial charge is 0.0732 e. The lowest BCUT2D eigenvalue weighted by atomic mass is 9.94. The van der Waals surface area contributed by atoms with E-state index in [9.17, 15) is 0 Å². The van der Waals surface area contributed by atoms with Crippen LogP contribution in [0.1, 0.15) is 18.2 Å². The fourth-order valence-corrected chi connectivity index (χ4v) is 2.15. The van der Waals surface area contributed by atoms with Crippen molar-refractivity contribution in [1.82, 2.24) is 4.98 Å². The van der Waals surface area contributed by atoms with Crippen LogP contribution in [0.15, 0.2) is 48.7 Å². The Morgan fingerprint density at radius 1 is 1.22 bits per heavy atom. The first-order valence-electron chi connectivity index (χ1n) is 5.96. The molecule has 0 saturated heterocycles. The van der Waals surface area contributed by atoms with Crippen LogP contribution in [0.2, 0.25) is 0 Å². The molecule has 1 N–H and O–H groups in total. The maximum atomic E-state index is 6.15. The third kappa shape index (κ3) is 2.82. The molecule has 0 fully saturated rings. The SMILES string of the molecule is Cc1cc(NC(C)(CCl)c2ccccc2)ccn1. The quantitative estimate of drug-likeness (QED) is 0.842. The van der Waals surface area contributed by atoms with Crippen LogP contribution in [-0.2, 0) is 5.54 Å². The van der Waals surface area contributed by atoms with Gasteiger partial charge in [-0.05, 0) is 31.5 Å². The molecule has 1 aromatic heterocycles.